The Bertz CT molecular complexity index is 1220. The van der Waals surface area contributed by atoms with Crippen molar-refractivity contribution in [3.05, 3.63) is 75.4 Å². The molecular formula is C28H29FINO5. The zero-order chi connectivity index (χ0) is 25.8. The monoisotopic (exact) mass is 605 g/mol. The van der Waals surface area contributed by atoms with Crippen molar-refractivity contribution in [2.75, 3.05) is 20.8 Å². The molecule has 8 heteroatoms. The molecule has 0 aliphatic heterocycles. The van der Waals surface area contributed by atoms with Crippen molar-refractivity contribution in [2.45, 2.75) is 31.8 Å². The molecule has 36 heavy (non-hydrogen) atoms. The summed E-state index contributed by atoms with van der Waals surface area (Å²) in [6.07, 6.45) is 3.01. The van der Waals surface area contributed by atoms with Gasteiger partial charge in [0.25, 0.3) is 0 Å². The van der Waals surface area contributed by atoms with Gasteiger partial charge in [0.2, 0.25) is 0 Å². The number of methoxy groups -OCH3 is 2. The second-order valence-electron chi connectivity index (χ2n) is 8.97. The molecule has 0 amide bonds. The zero-order valence-corrected chi connectivity index (χ0v) is 22.6. The van der Waals surface area contributed by atoms with Crippen LogP contribution in [0.25, 0.3) is 11.1 Å². The van der Waals surface area contributed by atoms with Gasteiger partial charge in [0.05, 0.1) is 36.0 Å². The Morgan fingerprint density at radius 3 is 2.56 bits per heavy atom. The first-order valence-electron chi connectivity index (χ1n) is 11.8. The molecule has 3 aromatic rings. The highest BCUT2D eigenvalue weighted by Gasteiger charge is 2.39. The molecule has 1 N–H and O–H groups in total. The number of esters is 1. The summed E-state index contributed by atoms with van der Waals surface area (Å²) in [5, 5.41) is 10.1. The van der Waals surface area contributed by atoms with Crippen LogP contribution in [0.3, 0.4) is 0 Å². The number of hydrogen-bond donors (Lipinski definition) is 1. The number of rotatable bonds is 10. The minimum absolute atomic E-state index is 0.0412. The summed E-state index contributed by atoms with van der Waals surface area (Å²) < 4.78 is 31.7. The summed E-state index contributed by atoms with van der Waals surface area (Å²) >= 11 is 2.19. The Balaban J connectivity index is 1.57. The predicted molar refractivity (Wildman–Crippen MR) is 142 cm³/mol. The molecule has 2 aromatic carbocycles. The second-order valence-corrected chi connectivity index (χ2v) is 10.1. The molecule has 1 aliphatic rings. The number of benzene rings is 2. The standard InChI is InChI=1S/C28H29FINO5/c1-16(28(33)35-3)27(17-4-5-17)18-6-10-23(30)25(12-18)36-26(15-32)24-11-7-19(14-31-24)21-13-20(34-2)8-9-22(21)29/h6-14,16-17,26-27,32H,4-5,15H2,1-3H3. The summed E-state index contributed by atoms with van der Waals surface area (Å²) in [6, 6.07) is 13.9. The first-order valence-corrected chi connectivity index (χ1v) is 12.9. The third kappa shape index (κ3) is 5.81. The number of nitrogens with zero attached hydrogens (tertiary/aromatic N) is 1. The molecule has 3 atom stereocenters. The van der Waals surface area contributed by atoms with Crippen LogP contribution in [0.1, 0.15) is 43.0 Å². The number of carbonyl (C=O) groups is 1. The molecule has 1 heterocycles. The fraction of sp³-hybridized carbons (Fsp3) is 0.357. The van der Waals surface area contributed by atoms with E-state index in [9.17, 15) is 14.3 Å². The smallest absolute Gasteiger partial charge is 0.309 e. The third-order valence-electron chi connectivity index (χ3n) is 6.62. The summed E-state index contributed by atoms with van der Waals surface area (Å²) in [4.78, 5) is 16.7. The number of pyridine rings is 1. The summed E-state index contributed by atoms with van der Waals surface area (Å²) in [5.74, 6) is 0.768. The minimum Gasteiger partial charge on any atom is -0.497 e. The van der Waals surface area contributed by atoms with Gasteiger partial charge in [-0.05, 0) is 89.2 Å². The van der Waals surface area contributed by atoms with Crippen molar-refractivity contribution in [3.8, 4) is 22.6 Å². The van der Waals surface area contributed by atoms with Gasteiger partial charge in [-0.1, -0.05) is 19.1 Å². The van der Waals surface area contributed by atoms with Crippen LogP contribution < -0.4 is 9.47 Å². The maximum atomic E-state index is 14.4. The fourth-order valence-corrected chi connectivity index (χ4v) is 4.99. The molecule has 1 fully saturated rings. The fourth-order valence-electron chi connectivity index (χ4n) is 4.53. The topological polar surface area (TPSA) is 77.9 Å². The van der Waals surface area contributed by atoms with Gasteiger partial charge in [0.15, 0.2) is 6.10 Å². The Hall–Kier alpha value is -2.72. The SMILES string of the molecule is COC(=O)C(C)C(c1ccc(I)c(OC(CO)c2ccc(-c3cc(OC)ccc3F)cn2)c1)C1CC1. The molecule has 1 aliphatic carbocycles. The molecule has 3 unspecified atom stereocenters. The highest BCUT2D eigenvalue weighted by Crippen LogP contribution is 2.48. The van der Waals surface area contributed by atoms with E-state index in [0.717, 1.165) is 22.0 Å². The van der Waals surface area contributed by atoms with Crippen LogP contribution in [0.4, 0.5) is 4.39 Å². The van der Waals surface area contributed by atoms with E-state index in [1.807, 2.05) is 25.1 Å². The molecule has 1 aromatic heterocycles. The molecule has 0 saturated heterocycles. The lowest BCUT2D eigenvalue weighted by atomic mass is 9.83. The normalized spacial score (nSPS) is 15.6. The van der Waals surface area contributed by atoms with Crippen LogP contribution in [0.15, 0.2) is 54.7 Å². The van der Waals surface area contributed by atoms with Crippen molar-refractivity contribution < 1.29 is 28.5 Å². The number of ether oxygens (including phenoxy) is 3. The number of hydrogen-bond acceptors (Lipinski definition) is 6. The van der Waals surface area contributed by atoms with E-state index < -0.39 is 6.10 Å². The van der Waals surface area contributed by atoms with Crippen molar-refractivity contribution in [1.29, 1.82) is 0 Å². The maximum absolute atomic E-state index is 14.4. The maximum Gasteiger partial charge on any atom is 0.309 e. The lowest BCUT2D eigenvalue weighted by molar-refractivity contribution is -0.145. The predicted octanol–water partition coefficient (Wildman–Crippen LogP) is 5.92. The lowest BCUT2D eigenvalue weighted by Crippen LogP contribution is -2.22. The van der Waals surface area contributed by atoms with Crippen molar-refractivity contribution >= 4 is 28.6 Å². The summed E-state index contributed by atoms with van der Waals surface area (Å²) in [7, 11) is 2.94. The Labute approximate surface area is 223 Å². The number of aliphatic hydroxyl groups is 1. The number of carbonyl (C=O) groups excluding carboxylic acids is 1. The number of aromatic nitrogens is 1. The molecule has 0 bridgehead atoms. The van der Waals surface area contributed by atoms with E-state index in [-0.39, 0.29) is 30.2 Å². The van der Waals surface area contributed by atoms with Crippen LogP contribution in [-0.4, -0.2) is 36.9 Å². The molecule has 4 rings (SSSR count). The van der Waals surface area contributed by atoms with Crippen LogP contribution >= 0.6 is 22.6 Å². The van der Waals surface area contributed by atoms with E-state index in [1.54, 1.807) is 30.5 Å². The van der Waals surface area contributed by atoms with Crippen molar-refractivity contribution in [3.63, 3.8) is 0 Å². The number of aliphatic hydroxyl groups excluding tert-OH is 1. The van der Waals surface area contributed by atoms with Gasteiger partial charge in [-0.2, -0.15) is 0 Å². The van der Waals surface area contributed by atoms with E-state index in [1.165, 1.54) is 20.3 Å². The largest absolute Gasteiger partial charge is 0.497 e. The molecule has 1 saturated carbocycles. The van der Waals surface area contributed by atoms with Crippen LogP contribution in [-0.2, 0) is 9.53 Å². The first kappa shape index (κ1) is 26.3. The van der Waals surface area contributed by atoms with Gasteiger partial charge in [0.1, 0.15) is 17.3 Å². The first-order chi connectivity index (χ1) is 17.4. The minimum atomic E-state index is -0.713. The Morgan fingerprint density at radius 2 is 1.94 bits per heavy atom. The van der Waals surface area contributed by atoms with Gasteiger partial charge in [-0.25, -0.2) is 4.39 Å². The molecule has 6 nitrogen and oxygen atoms in total. The van der Waals surface area contributed by atoms with Gasteiger partial charge in [-0.15, -0.1) is 0 Å². The third-order valence-corrected chi connectivity index (χ3v) is 7.51. The average Bonchev–Trinajstić information content (AvgIpc) is 3.74. The van der Waals surface area contributed by atoms with Crippen LogP contribution in [0.5, 0.6) is 11.5 Å². The van der Waals surface area contributed by atoms with Crippen LogP contribution in [0, 0.1) is 21.2 Å². The Morgan fingerprint density at radius 1 is 1.17 bits per heavy atom. The molecule has 0 spiro atoms. The quantitative estimate of drug-likeness (QED) is 0.229. The van der Waals surface area contributed by atoms with Crippen molar-refractivity contribution in [2.24, 2.45) is 11.8 Å². The van der Waals surface area contributed by atoms with Gasteiger partial charge in [0, 0.05) is 17.3 Å². The van der Waals surface area contributed by atoms with Crippen LogP contribution in [0.2, 0.25) is 0 Å². The molecular weight excluding hydrogens is 576 g/mol. The molecule has 190 valence electrons. The second kappa shape index (κ2) is 11.6. The highest BCUT2D eigenvalue weighted by molar-refractivity contribution is 14.1. The van der Waals surface area contributed by atoms with E-state index in [4.69, 9.17) is 14.2 Å². The van der Waals surface area contributed by atoms with Gasteiger partial charge < -0.3 is 19.3 Å². The van der Waals surface area contributed by atoms with Crippen molar-refractivity contribution in [1.82, 2.24) is 4.98 Å². The summed E-state index contributed by atoms with van der Waals surface area (Å²) in [6.45, 7) is 1.62. The highest BCUT2D eigenvalue weighted by atomic mass is 127. The van der Waals surface area contributed by atoms with Gasteiger partial charge >= 0.3 is 5.97 Å². The zero-order valence-electron chi connectivity index (χ0n) is 20.4. The molecule has 0 radical (unpaired) electrons. The number of halogens is 2. The summed E-state index contributed by atoms with van der Waals surface area (Å²) in [5.41, 5.74) is 2.50. The van der Waals surface area contributed by atoms with Gasteiger partial charge in [-0.3, -0.25) is 9.78 Å². The average molecular weight is 605 g/mol. The Kier molecular flexibility index (Phi) is 8.46. The van der Waals surface area contributed by atoms with E-state index in [0.29, 0.717) is 34.2 Å². The van der Waals surface area contributed by atoms with E-state index >= 15 is 0 Å². The lowest BCUT2D eigenvalue weighted by Gasteiger charge is -2.24. The van der Waals surface area contributed by atoms with E-state index in [2.05, 4.69) is 27.6 Å².